The van der Waals surface area contributed by atoms with Crippen molar-refractivity contribution in [2.75, 3.05) is 32.7 Å². The van der Waals surface area contributed by atoms with Gasteiger partial charge in [-0.25, -0.2) is 0 Å². The summed E-state index contributed by atoms with van der Waals surface area (Å²) in [6.45, 7) is 5.37. The number of aliphatic hydroxyl groups is 1. The van der Waals surface area contributed by atoms with Crippen molar-refractivity contribution in [1.29, 1.82) is 0 Å². The van der Waals surface area contributed by atoms with Crippen LogP contribution in [0.4, 0.5) is 0 Å². The van der Waals surface area contributed by atoms with Crippen molar-refractivity contribution in [2.24, 2.45) is 0 Å². The maximum Gasteiger partial charge on any atom is 0.219 e. The molecule has 1 aliphatic heterocycles. The second-order valence-electron chi connectivity index (χ2n) is 5.20. The fraction of sp³-hybridized carbons (Fsp3) is 0.533. The van der Waals surface area contributed by atoms with Crippen molar-refractivity contribution in [1.82, 2.24) is 9.80 Å². The van der Waals surface area contributed by atoms with Crippen molar-refractivity contribution in [3.05, 3.63) is 34.9 Å². The lowest BCUT2D eigenvalue weighted by Gasteiger charge is -2.24. The third kappa shape index (κ3) is 3.95. The molecular weight excluding hydrogens is 276 g/mol. The number of amides is 1. The lowest BCUT2D eigenvalue weighted by Crippen LogP contribution is -2.35. The van der Waals surface area contributed by atoms with E-state index in [1.54, 1.807) is 13.0 Å². The van der Waals surface area contributed by atoms with E-state index in [9.17, 15) is 9.90 Å². The highest BCUT2D eigenvalue weighted by Crippen LogP contribution is 2.23. The molecule has 1 heterocycles. The minimum absolute atomic E-state index is 0.124. The Morgan fingerprint density at radius 1 is 1.30 bits per heavy atom. The Kier molecular flexibility index (Phi) is 5.40. The van der Waals surface area contributed by atoms with Crippen LogP contribution >= 0.6 is 11.6 Å². The molecule has 0 aromatic heterocycles. The van der Waals surface area contributed by atoms with Gasteiger partial charge in [-0.1, -0.05) is 29.8 Å². The Hall–Kier alpha value is -1.10. The summed E-state index contributed by atoms with van der Waals surface area (Å²) in [6, 6.07) is 7.38. The monoisotopic (exact) mass is 296 g/mol. The Morgan fingerprint density at radius 3 is 2.75 bits per heavy atom. The molecule has 110 valence electrons. The van der Waals surface area contributed by atoms with Crippen LogP contribution in [0.3, 0.4) is 0 Å². The summed E-state index contributed by atoms with van der Waals surface area (Å²) in [7, 11) is 0. The van der Waals surface area contributed by atoms with E-state index in [4.69, 9.17) is 11.6 Å². The van der Waals surface area contributed by atoms with E-state index >= 15 is 0 Å². The van der Waals surface area contributed by atoms with Crippen LogP contribution in [0.1, 0.15) is 25.0 Å². The SMILES string of the molecule is CC(=O)N1CCCN(CC(O)c2ccccc2Cl)CC1. The molecule has 5 heteroatoms. The van der Waals surface area contributed by atoms with Crippen LogP contribution in [0.15, 0.2) is 24.3 Å². The molecule has 0 aliphatic carbocycles. The quantitative estimate of drug-likeness (QED) is 0.927. The largest absolute Gasteiger partial charge is 0.387 e. The molecule has 1 N–H and O–H groups in total. The van der Waals surface area contributed by atoms with E-state index in [-0.39, 0.29) is 5.91 Å². The molecule has 2 rings (SSSR count). The number of nitrogens with zero attached hydrogens (tertiary/aromatic N) is 2. The average Bonchev–Trinajstić information content (AvgIpc) is 2.65. The van der Waals surface area contributed by atoms with Crippen molar-refractivity contribution >= 4 is 17.5 Å². The number of carbonyl (C=O) groups excluding carboxylic acids is 1. The second-order valence-corrected chi connectivity index (χ2v) is 5.60. The number of benzene rings is 1. The van der Waals surface area contributed by atoms with Crippen LogP contribution in [-0.4, -0.2) is 53.5 Å². The predicted octanol–water partition coefficient (Wildman–Crippen LogP) is 1.93. The molecule has 1 aliphatic rings. The number of hydrogen-bond acceptors (Lipinski definition) is 3. The molecule has 1 atom stereocenters. The standard InChI is InChI=1S/C15H21ClN2O2/c1-12(19)18-8-4-7-17(9-10-18)11-15(20)13-5-2-3-6-14(13)16/h2-3,5-6,15,20H,4,7-11H2,1H3. The van der Waals surface area contributed by atoms with E-state index in [0.29, 0.717) is 11.6 Å². The fourth-order valence-electron chi connectivity index (χ4n) is 2.56. The van der Waals surface area contributed by atoms with Gasteiger partial charge in [-0.3, -0.25) is 9.69 Å². The highest BCUT2D eigenvalue weighted by atomic mass is 35.5. The van der Waals surface area contributed by atoms with E-state index in [1.165, 1.54) is 0 Å². The number of β-amino-alcohol motifs (C(OH)–C–C–N with tert-alkyl or cyclic N) is 1. The maximum absolute atomic E-state index is 11.4. The maximum atomic E-state index is 11.4. The van der Waals surface area contributed by atoms with Crippen LogP contribution in [-0.2, 0) is 4.79 Å². The van der Waals surface area contributed by atoms with Crippen LogP contribution in [0.25, 0.3) is 0 Å². The number of aliphatic hydroxyl groups excluding tert-OH is 1. The fourth-order valence-corrected chi connectivity index (χ4v) is 2.82. The number of hydrogen-bond donors (Lipinski definition) is 1. The lowest BCUT2D eigenvalue weighted by atomic mass is 10.1. The topological polar surface area (TPSA) is 43.8 Å². The van der Waals surface area contributed by atoms with Crippen molar-refractivity contribution in [3.8, 4) is 0 Å². The van der Waals surface area contributed by atoms with E-state index < -0.39 is 6.10 Å². The van der Waals surface area contributed by atoms with Gasteiger partial charge in [0.25, 0.3) is 0 Å². The highest BCUT2D eigenvalue weighted by molar-refractivity contribution is 6.31. The van der Waals surface area contributed by atoms with Gasteiger partial charge in [0.1, 0.15) is 0 Å². The molecule has 4 nitrogen and oxygen atoms in total. The summed E-state index contributed by atoms with van der Waals surface area (Å²) in [5, 5.41) is 10.9. The molecule has 0 saturated carbocycles. The molecule has 0 spiro atoms. The summed E-state index contributed by atoms with van der Waals surface area (Å²) in [6.07, 6.45) is 0.349. The summed E-state index contributed by atoms with van der Waals surface area (Å²) >= 11 is 6.10. The van der Waals surface area contributed by atoms with Crippen LogP contribution < -0.4 is 0 Å². The Labute approximate surface area is 124 Å². The zero-order chi connectivity index (χ0) is 14.5. The molecule has 1 amide bonds. The minimum atomic E-state index is -0.590. The lowest BCUT2D eigenvalue weighted by molar-refractivity contribution is -0.128. The molecule has 1 aromatic rings. The smallest absolute Gasteiger partial charge is 0.219 e. The Balaban J connectivity index is 1.93. The first kappa shape index (κ1) is 15.3. The molecule has 20 heavy (non-hydrogen) atoms. The molecular formula is C15H21ClN2O2. The van der Waals surface area contributed by atoms with Crippen LogP contribution in [0, 0.1) is 0 Å². The molecule has 1 fully saturated rings. The van der Waals surface area contributed by atoms with Gasteiger partial charge in [-0.05, 0) is 12.5 Å². The van der Waals surface area contributed by atoms with Crippen LogP contribution in [0.5, 0.6) is 0 Å². The van der Waals surface area contributed by atoms with Gasteiger partial charge < -0.3 is 10.0 Å². The van der Waals surface area contributed by atoms with Crippen LogP contribution in [0.2, 0.25) is 5.02 Å². The Morgan fingerprint density at radius 2 is 2.05 bits per heavy atom. The Bertz CT molecular complexity index is 467. The zero-order valence-electron chi connectivity index (χ0n) is 11.8. The summed E-state index contributed by atoms with van der Waals surface area (Å²) in [5.74, 6) is 0.124. The highest BCUT2D eigenvalue weighted by Gasteiger charge is 2.20. The van der Waals surface area contributed by atoms with Crippen molar-refractivity contribution in [2.45, 2.75) is 19.4 Å². The van der Waals surface area contributed by atoms with Gasteiger partial charge in [0, 0.05) is 50.2 Å². The van der Waals surface area contributed by atoms with E-state index in [0.717, 1.165) is 38.2 Å². The molecule has 1 saturated heterocycles. The third-order valence-corrected chi connectivity index (χ3v) is 4.07. The van der Waals surface area contributed by atoms with Crippen molar-refractivity contribution < 1.29 is 9.90 Å². The predicted molar refractivity (Wildman–Crippen MR) is 79.7 cm³/mol. The first-order valence-corrected chi connectivity index (χ1v) is 7.36. The third-order valence-electron chi connectivity index (χ3n) is 3.73. The molecule has 1 unspecified atom stereocenters. The van der Waals surface area contributed by atoms with Gasteiger partial charge in [-0.2, -0.15) is 0 Å². The second kappa shape index (κ2) is 7.07. The summed E-state index contributed by atoms with van der Waals surface area (Å²) < 4.78 is 0. The number of rotatable bonds is 3. The normalized spacial score (nSPS) is 18.6. The van der Waals surface area contributed by atoms with Gasteiger partial charge >= 0.3 is 0 Å². The number of carbonyl (C=O) groups is 1. The molecule has 0 bridgehead atoms. The van der Waals surface area contributed by atoms with Gasteiger partial charge in [0.2, 0.25) is 5.91 Å². The van der Waals surface area contributed by atoms with E-state index in [1.807, 2.05) is 23.1 Å². The van der Waals surface area contributed by atoms with E-state index in [2.05, 4.69) is 4.90 Å². The average molecular weight is 297 g/mol. The van der Waals surface area contributed by atoms with Gasteiger partial charge in [0.05, 0.1) is 6.10 Å². The van der Waals surface area contributed by atoms with Gasteiger partial charge in [0.15, 0.2) is 0 Å². The molecule has 0 radical (unpaired) electrons. The van der Waals surface area contributed by atoms with Crippen molar-refractivity contribution in [3.63, 3.8) is 0 Å². The van der Waals surface area contributed by atoms with Gasteiger partial charge in [-0.15, -0.1) is 0 Å². The first-order chi connectivity index (χ1) is 9.58. The first-order valence-electron chi connectivity index (χ1n) is 6.98. The summed E-state index contributed by atoms with van der Waals surface area (Å²) in [4.78, 5) is 15.4. The summed E-state index contributed by atoms with van der Waals surface area (Å²) in [5.41, 5.74) is 0.766. The minimum Gasteiger partial charge on any atom is -0.387 e. The number of halogens is 1. The zero-order valence-corrected chi connectivity index (χ0v) is 12.5. The molecule has 1 aromatic carbocycles.